The van der Waals surface area contributed by atoms with Crippen molar-refractivity contribution in [3.05, 3.63) is 24.3 Å². The smallest absolute Gasteiger partial charge is 0.171 e. The van der Waals surface area contributed by atoms with Gasteiger partial charge in [-0.15, -0.1) is 11.7 Å². The maximum Gasteiger partial charge on any atom is 0.171 e. The van der Waals surface area contributed by atoms with Gasteiger partial charge in [0.25, 0.3) is 0 Å². The summed E-state index contributed by atoms with van der Waals surface area (Å²) < 4.78 is 13.7. The normalized spacial score (nSPS) is 12.0. The molecule has 1 aromatic rings. The molecule has 1 N–H and O–H groups in total. The van der Waals surface area contributed by atoms with E-state index in [4.69, 9.17) is 9.47 Å². The van der Waals surface area contributed by atoms with Crippen molar-refractivity contribution in [3.8, 4) is 5.75 Å². The number of unbranched alkanes of at least 4 members (excludes halogenated alkanes) is 1. The van der Waals surface area contributed by atoms with E-state index in [1.54, 1.807) is 0 Å². The van der Waals surface area contributed by atoms with Crippen molar-refractivity contribution >= 4 is 46.7 Å². The van der Waals surface area contributed by atoms with Gasteiger partial charge in [-0.05, 0) is 31.9 Å². The Morgan fingerprint density at radius 3 is 2.86 bits per heavy atom. The molecule has 0 amide bonds. The van der Waals surface area contributed by atoms with Gasteiger partial charge in [0.15, 0.2) is 5.78 Å². The fraction of sp³-hybridized carbons (Fsp3) is 0.500. The molecule has 4 nitrogen and oxygen atoms in total. The maximum atomic E-state index is 11.5. The van der Waals surface area contributed by atoms with E-state index in [-0.39, 0.29) is 17.6 Å². The lowest BCUT2D eigenvalue weighted by Crippen LogP contribution is -2.18. The number of rotatable bonds is 11. The molecule has 0 aliphatic heterocycles. The number of anilines is 1. The molecule has 1 aromatic carbocycles. The summed E-state index contributed by atoms with van der Waals surface area (Å²) in [6.07, 6.45) is 1.74. The second-order valence-corrected chi connectivity index (χ2v) is 6.24. The maximum absolute atomic E-state index is 11.5. The molecule has 0 bridgehead atoms. The summed E-state index contributed by atoms with van der Waals surface area (Å²) in [5.41, 5.74) is 0.897. The lowest BCUT2D eigenvalue weighted by Gasteiger charge is -2.09. The molecule has 0 spiro atoms. The minimum atomic E-state index is -0.121. The SMILES string of the molecule is CC(SS)C(=O)COCCCCOc1cccc(NS)c1. The summed E-state index contributed by atoms with van der Waals surface area (Å²) in [7, 11) is 1.24. The predicted molar refractivity (Wildman–Crippen MR) is 95.6 cm³/mol. The Labute approximate surface area is 140 Å². The van der Waals surface area contributed by atoms with Gasteiger partial charge in [-0.2, -0.15) is 0 Å². The molecule has 0 aliphatic rings. The van der Waals surface area contributed by atoms with Crippen LogP contribution >= 0.6 is 35.3 Å². The molecule has 21 heavy (non-hydrogen) atoms. The highest BCUT2D eigenvalue weighted by molar-refractivity contribution is 8.69. The number of hydrogen-bond acceptors (Lipinski definition) is 7. The van der Waals surface area contributed by atoms with Crippen molar-refractivity contribution in [1.29, 1.82) is 0 Å². The second kappa shape index (κ2) is 11.1. The summed E-state index contributed by atoms with van der Waals surface area (Å²) in [5.74, 6) is 0.882. The van der Waals surface area contributed by atoms with E-state index in [9.17, 15) is 4.79 Å². The molecule has 0 aliphatic carbocycles. The van der Waals surface area contributed by atoms with Gasteiger partial charge in [-0.1, -0.05) is 29.7 Å². The first-order chi connectivity index (χ1) is 10.2. The van der Waals surface area contributed by atoms with Gasteiger partial charge in [0.2, 0.25) is 0 Å². The molecule has 1 rings (SSSR count). The standard InChI is InChI=1S/C14H21NO3S3/c1-11(21-20)14(16)10-17-7-2-3-8-18-13-6-4-5-12(9-13)15-19/h4-6,9,11,15,19-20H,2-3,7-8,10H2,1H3. The van der Waals surface area contributed by atoms with Gasteiger partial charge in [-0.25, -0.2) is 0 Å². The average molecular weight is 348 g/mol. The molecule has 0 aromatic heterocycles. The third kappa shape index (κ3) is 7.90. The van der Waals surface area contributed by atoms with E-state index in [1.807, 2.05) is 31.2 Å². The molecule has 0 saturated carbocycles. The molecule has 1 atom stereocenters. The van der Waals surface area contributed by atoms with E-state index in [0.29, 0.717) is 13.2 Å². The van der Waals surface area contributed by atoms with Crippen LogP contribution in [0.25, 0.3) is 0 Å². The van der Waals surface area contributed by atoms with Gasteiger partial charge < -0.3 is 14.2 Å². The van der Waals surface area contributed by atoms with Gasteiger partial charge in [0.05, 0.1) is 11.9 Å². The Bertz CT molecular complexity index is 432. The number of Topliss-reactive ketones (excluding diaryl/α,β-unsaturated/α-hetero) is 1. The number of ether oxygens (including phenoxy) is 2. The molecular formula is C14H21NO3S3. The summed E-state index contributed by atoms with van der Waals surface area (Å²) >= 11 is 8.00. The Balaban J connectivity index is 2.05. The lowest BCUT2D eigenvalue weighted by atomic mass is 10.3. The summed E-state index contributed by atoms with van der Waals surface area (Å²) in [6.45, 7) is 3.17. The fourth-order valence-corrected chi connectivity index (χ4v) is 2.18. The van der Waals surface area contributed by atoms with Crippen LogP contribution in [0.15, 0.2) is 24.3 Å². The molecule has 0 heterocycles. The largest absolute Gasteiger partial charge is 0.494 e. The number of carbonyl (C=O) groups is 1. The number of ketones is 1. The summed E-state index contributed by atoms with van der Waals surface area (Å²) in [5, 5.41) is -0.121. The number of hydrogen-bond donors (Lipinski definition) is 3. The second-order valence-electron chi connectivity index (χ2n) is 4.46. The molecule has 1 unspecified atom stereocenters. The van der Waals surface area contributed by atoms with Crippen LogP contribution in [0.1, 0.15) is 19.8 Å². The topological polar surface area (TPSA) is 47.6 Å². The first-order valence-corrected chi connectivity index (χ1v) is 9.09. The van der Waals surface area contributed by atoms with Gasteiger partial charge in [0, 0.05) is 18.4 Å². The Morgan fingerprint density at radius 2 is 2.14 bits per heavy atom. The zero-order valence-corrected chi connectivity index (χ0v) is 14.6. The van der Waals surface area contributed by atoms with Gasteiger partial charge in [-0.3, -0.25) is 4.79 Å². The number of nitrogens with one attached hydrogen (secondary N) is 1. The van der Waals surface area contributed by atoms with Crippen LogP contribution in [0.4, 0.5) is 5.69 Å². The van der Waals surface area contributed by atoms with Crippen molar-refractivity contribution < 1.29 is 14.3 Å². The third-order valence-electron chi connectivity index (χ3n) is 2.77. The van der Waals surface area contributed by atoms with Crippen molar-refractivity contribution in [2.45, 2.75) is 25.0 Å². The van der Waals surface area contributed by atoms with Crippen molar-refractivity contribution in [3.63, 3.8) is 0 Å². The van der Waals surface area contributed by atoms with Gasteiger partial charge in [0.1, 0.15) is 12.4 Å². The third-order valence-corrected chi connectivity index (χ3v) is 4.56. The van der Waals surface area contributed by atoms with Crippen LogP contribution < -0.4 is 9.46 Å². The molecule has 0 fully saturated rings. The highest BCUT2D eigenvalue weighted by Crippen LogP contribution is 2.18. The molecular weight excluding hydrogens is 326 g/mol. The predicted octanol–water partition coefficient (Wildman–Crippen LogP) is 3.65. The van der Waals surface area contributed by atoms with Crippen LogP contribution in [-0.2, 0) is 9.53 Å². The van der Waals surface area contributed by atoms with Crippen molar-refractivity contribution in [2.24, 2.45) is 0 Å². The van der Waals surface area contributed by atoms with Crippen molar-refractivity contribution in [1.82, 2.24) is 0 Å². The molecule has 0 saturated heterocycles. The minimum Gasteiger partial charge on any atom is -0.494 e. The van der Waals surface area contributed by atoms with Crippen LogP contribution in [0, 0.1) is 0 Å². The fourth-order valence-electron chi connectivity index (χ4n) is 1.50. The summed E-state index contributed by atoms with van der Waals surface area (Å²) in [4.78, 5) is 11.5. The Morgan fingerprint density at radius 1 is 1.38 bits per heavy atom. The Kier molecular flexibility index (Phi) is 9.82. The van der Waals surface area contributed by atoms with E-state index in [1.165, 1.54) is 10.8 Å². The highest BCUT2D eigenvalue weighted by atomic mass is 33.1. The summed E-state index contributed by atoms with van der Waals surface area (Å²) in [6, 6.07) is 7.61. The molecule has 118 valence electrons. The lowest BCUT2D eigenvalue weighted by molar-refractivity contribution is -0.122. The van der Waals surface area contributed by atoms with Crippen molar-refractivity contribution in [2.75, 3.05) is 24.5 Å². The molecule has 0 radical (unpaired) electrons. The van der Waals surface area contributed by atoms with Crippen LogP contribution in [0.2, 0.25) is 0 Å². The average Bonchev–Trinajstić information content (AvgIpc) is 2.53. The van der Waals surface area contributed by atoms with Gasteiger partial charge >= 0.3 is 0 Å². The highest BCUT2D eigenvalue weighted by Gasteiger charge is 2.11. The Hall–Kier alpha value is -0.500. The zero-order valence-electron chi connectivity index (χ0n) is 11.9. The van der Waals surface area contributed by atoms with E-state index in [0.717, 1.165) is 24.3 Å². The first-order valence-electron chi connectivity index (χ1n) is 6.71. The number of benzene rings is 1. The monoisotopic (exact) mass is 347 g/mol. The van der Waals surface area contributed by atoms with E-state index >= 15 is 0 Å². The quantitative estimate of drug-likeness (QED) is 0.324. The van der Waals surface area contributed by atoms with Crippen LogP contribution in [0.5, 0.6) is 5.75 Å². The van der Waals surface area contributed by atoms with E-state index < -0.39 is 0 Å². The number of carbonyl (C=O) groups excluding carboxylic acids is 1. The van der Waals surface area contributed by atoms with Crippen LogP contribution in [-0.4, -0.2) is 30.9 Å². The molecule has 7 heteroatoms. The zero-order chi connectivity index (χ0) is 15.5. The first kappa shape index (κ1) is 18.5. The van der Waals surface area contributed by atoms with Crippen LogP contribution in [0.3, 0.4) is 0 Å². The van der Waals surface area contributed by atoms with E-state index in [2.05, 4.69) is 29.2 Å². The minimum absolute atomic E-state index is 0.0716. The number of thiol groups is 2.